The summed E-state index contributed by atoms with van der Waals surface area (Å²) in [4.78, 5) is 38.3. The first kappa shape index (κ1) is 36.3. The maximum absolute atomic E-state index is 12.7. The lowest BCUT2D eigenvalue weighted by Gasteiger charge is -2.20. The Balaban J connectivity index is 4.07. The van der Waals surface area contributed by atoms with E-state index in [1.165, 1.54) is 51.4 Å². The molecule has 0 heterocycles. The molecule has 1 N–H and O–H groups in total. The molecule has 0 spiro atoms. The van der Waals surface area contributed by atoms with Crippen molar-refractivity contribution >= 4 is 17.9 Å². The van der Waals surface area contributed by atoms with E-state index in [0.29, 0.717) is 19.4 Å². The average molecular weight is 544 g/mol. The van der Waals surface area contributed by atoms with Gasteiger partial charge in [0.1, 0.15) is 6.61 Å². The number of nitrogens with zero attached hydrogens (tertiary/aromatic N) is 1. The molecule has 38 heavy (non-hydrogen) atoms. The smallest absolute Gasteiger partial charge is 0.335 e. The second-order valence-electron chi connectivity index (χ2n) is 10.7. The van der Waals surface area contributed by atoms with E-state index >= 15 is 0 Å². The Labute approximate surface area is 232 Å². The first-order chi connectivity index (χ1) is 18.2. The van der Waals surface area contributed by atoms with Gasteiger partial charge in [-0.15, -0.1) is 0 Å². The number of carbonyl (C=O) groups is 3. The fraction of sp³-hybridized carbons (Fsp3) is 0.900. The minimum absolute atomic E-state index is 0.00296. The first-order valence-corrected chi connectivity index (χ1v) is 15.1. The Bertz CT molecular complexity index is 611. The summed E-state index contributed by atoms with van der Waals surface area (Å²) in [5.74, 6) is -1.52. The van der Waals surface area contributed by atoms with Gasteiger partial charge < -0.3 is 24.2 Å². The number of aliphatic hydroxyl groups excluding tert-OH is 1. The zero-order valence-electron chi connectivity index (χ0n) is 25.0. The van der Waals surface area contributed by atoms with Gasteiger partial charge in [-0.1, -0.05) is 78.1 Å². The van der Waals surface area contributed by atoms with Crippen molar-refractivity contribution in [3.05, 3.63) is 0 Å². The molecule has 0 amide bonds. The van der Waals surface area contributed by atoms with Crippen molar-refractivity contribution in [2.24, 2.45) is 5.92 Å². The van der Waals surface area contributed by atoms with Crippen LogP contribution in [0, 0.1) is 5.92 Å². The summed E-state index contributed by atoms with van der Waals surface area (Å²) in [6.45, 7) is 7.02. The van der Waals surface area contributed by atoms with E-state index in [4.69, 9.17) is 14.2 Å². The summed E-state index contributed by atoms with van der Waals surface area (Å²) in [6.07, 6.45) is 13.9. The van der Waals surface area contributed by atoms with Gasteiger partial charge in [0.15, 0.2) is 6.10 Å². The molecule has 0 saturated carbocycles. The lowest BCUT2D eigenvalue weighted by molar-refractivity contribution is -0.161. The highest BCUT2D eigenvalue weighted by atomic mass is 16.6. The number of carbonyl (C=O) groups excluding carboxylic acids is 3. The number of aliphatic hydroxyl groups is 1. The monoisotopic (exact) mass is 543 g/mol. The summed E-state index contributed by atoms with van der Waals surface area (Å²) in [7, 11) is 3.72. The highest BCUT2D eigenvalue weighted by molar-refractivity contribution is 5.81. The van der Waals surface area contributed by atoms with Crippen LogP contribution in [0.5, 0.6) is 0 Å². The highest BCUT2D eigenvalue weighted by Crippen LogP contribution is 2.20. The summed E-state index contributed by atoms with van der Waals surface area (Å²) < 4.78 is 15.7. The van der Waals surface area contributed by atoms with Crippen molar-refractivity contribution in [2.75, 3.05) is 33.9 Å². The minimum atomic E-state index is -1.53. The number of likely N-dealkylation sites (N-methyl/N-ethyl adjacent to an activating group) is 1. The molecular weight excluding hydrogens is 486 g/mol. The number of ether oxygens (including phenoxy) is 3. The van der Waals surface area contributed by atoms with Crippen molar-refractivity contribution in [3.63, 3.8) is 0 Å². The Kier molecular flexibility index (Phi) is 23.3. The van der Waals surface area contributed by atoms with E-state index in [0.717, 1.165) is 32.1 Å². The Morgan fingerprint density at radius 2 is 1.18 bits per heavy atom. The van der Waals surface area contributed by atoms with Gasteiger partial charge in [-0.2, -0.15) is 0 Å². The molecule has 0 radical (unpaired) electrons. The van der Waals surface area contributed by atoms with Gasteiger partial charge >= 0.3 is 17.9 Å². The van der Waals surface area contributed by atoms with Crippen molar-refractivity contribution in [3.8, 4) is 0 Å². The standard InChI is InChI=1S/C30H57NO7/c1-6-8-10-12-13-16-20-26(19-15-11-9-7-2)29(34)37-22-18-14-17-21-36-28(33)23-27(32)30(35)38-24-25(3)31(4)5/h25-27,32H,6-24H2,1-5H3/t25?,26?,27-/m0/s1. The zero-order chi connectivity index (χ0) is 28.6. The molecule has 0 aliphatic carbocycles. The van der Waals surface area contributed by atoms with Crippen molar-refractivity contribution in [1.82, 2.24) is 4.90 Å². The summed E-state index contributed by atoms with van der Waals surface area (Å²) in [5, 5.41) is 9.85. The molecule has 8 heteroatoms. The average Bonchev–Trinajstić information content (AvgIpc) is 2.89. The van der Waals surface area contributed by atoms with Crippen molar-refractivity contribution in [1.29, 1.82) is 0 Å². The van der Waals surface area contributed by atoms with E-state index in [2.05, 4.69) is 13.8 Å². The predicted octanol–water partition coefficient (Wildman–Crippen LogP) is 5.82. The molecule has 0 aromatic carbocycles. The summed E-state index contributed by atoms with van der Waals surface area (Å²) >= 11 is 0. The lowest BCUT2D eigenvalue weighted by Crippen LogP contribution is -2.34. The van der Waals surface area contributed by atoms with Crippen LogP contribution in [-0.4, -0.2) is 74.0 Å². The molecule has 0 saturated heterocycles. The molecule has 0 aromatic heterocycles. The molecule has 0 aromatic rings. The third-order valence-corrected chi connectivity index (χ3v) is 6.92. The fourth-order valence-electron chi connectivity index (χ4n) is 3.97. The van der Waals surface area contributed by atoms with Crippen LogP contribution in [0.15, 0.2) is 0 Å². The third-order valence-electron chi connectivity index (χ3n) is 6.92. The van der Waals surface area contributed by atoms with Crippen molar-refractivity contribution in [2.45, 2.75) is 136 Å². The molecule has 3 atom stereocenters. The molecule has 0 aliphatic rings. The number of unbranched alkanes of at least 4 members (excludes halogenated alkanes) is 10. The number of esters is 3. The zero-order valence-corrected chi connectivity index (χ0v) is 25.0. The van der Waals surface area contributed by atoms with E-state index in [1.807, 2.05) is 25.9 Å². The molecule has 0 rings (SSSR count). The van der Waals surface area contributed by atoms with Crippen molar-refractivity contribution < 1.29 is 33.7 Å². The molecular formula is C30H57NO7. The minimum Gasteiger partial charge on any atom is -0.466 e. The number of rotatable bonds is 25. The van der Waals surface area contributed by atoms with Gasteiger partial charge in [0.25, 0.3) is 0 Å². The van der Waals surface area contributed by atoms with Crippen LogP contribution in [0.4, 0.5) is 0 Å². The number of hydrogen-bond donors (Lipinski definition) is 1. The van der Waals surface area contributed by atoms with Crippen LogP contribution < -0.4 is 0 Å². The number of hydrogen-bond acceptors (Lipinski definition) is 8. The quantitative estimate of drug-likeness (QED) is 0.0872. The van der Waals surface area contributed by atoms with Gasteiger partial charge in [0.2, 0.25) is 0 Å². The van der Waals surface area contributed by atoms with Gasteiger partial charge in [-0.25, -0.2) is 4.79 Å². The summed E-state index contributed by atoms with van der Waals surface area (Å²) in [5.41, 5.74) is 0. The normalized spacial score (nSPS) is 13.7. The van der Waals surface area contributed by atoms with Gasteiger partial charge in [-0.3, -0.25) is 9.59 Å². The Morgan fingerprint density at radius 3 is 1.76 bits per heavy atom. The molecule has 0 bridgehead atoms. The topological polar surface area (TPSA) is 102 Å². The first-order valence-electron chi connectivity index (χ1n) is 15.1. The Morgan fingerprint density at radius 1 is 0.684 bits per heavy atom. The molecule has 0 aliphatic heterocycles. The van der Waals surface area contributed by atoms with E-state index in [-0.39, 0.29) is 31.1 Å². The van der Waals surface area contributed by atoms with Crippen LogP contribution in [-0.2, 0) is 28.6 Å². The van der Waals surface area contributed by atoms with Crippen LogP contribution in [0.2, 0.25) is 0 Å². The molecule has 8 nitrogen and oxygen atoms in total. The van der Waals surface area contributed by atoms with E-state index < -0.39 is 24.5 Å². The second kappa shape index (κ2) is 24.4. The largest absolute Gasteiger partial charge is 0.466 e. The fourth-order valence-corrected chi connectivity index (χ4v) is 3.97. The second-order valence-corrected chi connectivity index (χ2v) is 10.7. The van der Waals surface area contributed by atoms with E-state index in [1.54, 1.807) is 0 Å². The van der Waals surface area contributed by atoms with Crippen LogP contribution in [0.25, 0.3) is 0 Å². The molecule has 0 fully saturated rings. The van der Waals surface area contributed by atoms with Gasteiger partial charge in [-0.05, 0) is 53.1 Å². The van der Waals surface area contributed by atoms with Gasteiger partial charge in [0, 0.05) is 6.04 Å². The Hall–Kier alpha value is -1.67. The van der Waals surface area contributed by atoms with Gasteiger partial charge in [0.05, 0.1) is 25.6 Å². The lowest BCUT2D eigenvalue weighted by atomic mass is 9.94. The SMILES string of the molecule is CCCCCCCCC(CCCCCC)C(=O)OCCCCCOC(=O)C[C@H](O)C(=O)OCC(C)N(C)C. The summed E-state index contributed by atoms with van der Waals surface area (Å²) in [6, 6.07) is 0.00868. The molecule has 224 valence electrons. The maximum atomic E-state index is 12.7. The van der Waals surface area contributed by atoms with Crippen LogP contribution >= 0.6 is 0 Å². The maximum Gasteiger partial charge on any atom is 0.335 e. The highest BCUT2D eigenvalue weighted by Gasteiger charge is 2.22. The van der Waals surface area contributed by atoms with Crippen LogP contribution in [0.1, 0.15) is 124 Å². The van der Waals surface area contributed by atoms with Crippen LogP contribution in [0.3, 0.4) is 0 Å². The molecule has 2 unspecified atom stereocenters. The van der Waals surface area contributed by atoms with E-state index in [9.17, 15) is 19.5 Å². The third kappa shape index (κ3) is 20.3. The predicted molar refractivity (Wildman–Crippen MR) is 151 cm³/mol.